The van der Waals surface area contributed by atoms with Gasteiger partial charge in [-0.15, -0.1) is 0 Å². The van der Waals surface area contributed by atoms with Crippen LogP contribution in [0.4, 0.5) is 0 Å². The number of amides is 1. The molecule has 1 N–H and O–H groups in total. The largest absolute Gasteiger partial charge is 0.457 e. The van der Waals surface area contributed by atoms with Gasteiger partial charge < -0.3 is 14.8 Å². The van der Waals surface area contributed by atoms with Crippen LogP contribution < -0.4 is 10.1 Å². The molecule has 138 valence electrons. The summed E-state index contributed by atoms with van der Waals surface area (Å²) in [6, 6.07) is 17.9. The summed E-state index contributed by atoms with van der Waals surface area (Å²) in [6.07, 6.45) is 1.83. The summed E-state index contributed by atoms with van der Waals surface area (Å²) in [6.45, 7) is 1.25. The Bertz CT molecular complexity index is 871. The first-order chi connectivity index (χ1) is 13.0. The minimum atomic E-state index is -0.910. The van der Waals surface area contributed by atoms with Gasteiger partial charge in [0.2, 0.25) is 0 Å². The van der Waals surface area contributed by atoms with E-state index in [9.17, 15) is 14.9 Å². The van der Waals surface area contributed by atoms with Crippen molar-refractivity contribution >= 4 is 11.9 Å². The van der Waals surface area contributed by atoms with Gasteiger partial charge in [-0.1, -0.05) is 24.3 Å². The minimum absolute atomic E-state index is 0.161. The SMILES string of the molecule is C[C@@](C#N)(NC(=O)COC(=O)c1cccc(Oc2ccccc2)c1)C1CC1. The number of hydrogen-bond donors (Lipinski definition) is 1. The van der Waals surface area contributed by atoms with E-state index in [2.05, 4.69) is 11.4 Å². The predicted molar refractivity (Wildman–Crippen MR) is 98.1 cm³/mol. The number of carbonyl (C=O) groups is 2. The van der Waals surface area contributed by atoms with Gasteiger partial charge in [0.15, 0.2) is 6.61 Å². The molecule has 0 bridgehead atoms. The van der Waals surface area contributed by atoms with Crippen molar-refractivity contribution in [3.63, 3.8) is 0 Å². The van der Waals surface area contributed by atoms with Gasteiger partial charge in [0.25, 0.3) is 5.91 Å². The van der Waals surface area contributed by atoms with Crippen molar-refractivity contribution in [3.05, 3.63) is 60.2 Å². The van der Waals surface area contributed by atoms with E-state index in [0.29, 0.717) is 11.5 Å². The first-order valence-electron chi connectivity index (χ1n) is 8.72. The lowest BCUT2D eigenvalue weighted by Gasteiger charge is -2.22. The molecule has 0 spiro atoms. The van der Waals surface area contributed by atoms with Gasteiger partial charge in [-0.2, -0.15) is 5.26 Å². The van der Waals surface area contributed by atoms with E-state index in [1.807, 2.05) is 18.2 Å². The van der Waals surface area contributed by atoms with Crippen molar-refractivity contribution in [2.45, 2.75) is 25.3 Å². The zero-order valence-electron chi connectivity index (χ0n) is 15.0. The smallest absolute Gasteiger partial charge is 0.338 e. The summed E-state index contributed by atoms with van der Waals surface area (Å²) >= 11 is 0. The van der Waals surface area contributed by atoms with Gasteiger partial charge in [-0.3, -0.25) is 4.79 Å². The summed E-state index contributed by atoms with van der Waals surface area (Å²) < 4.78 is 10.8. The lowest BCUT2D eigenvalue weighted by molar-refractivity contribution is -0.125. The molecule has 6 heteroatoms. The van der Waals surface area contributed by atoms with Gasteiger partial charge in [0.05, 0.1) is 11.6 Å². The molecular weight excluding hydrogens is 344 g/mol. The topological polar surface area (TPSA) is 88.4 Å². The van der Waals surface area contributed by atoms with Gasteiger partial charge >= 0.3 is 5.97 Å². The lowest BCUT2D eigenvalue weighted by atomic mass is 9.98. The Kier molecular flexibility index (Phi) is 5.41. The Balaban J connectivity index is 1.56. The second-order valence-electron chi connectivity index (χ2n) is 6.66. The molecule has 1 amide bonds. The fourth-order valence-corrected chi connectivity index (χ4v) is 2.73. The standard InChI is InChI=1S/C21H20N2O4/c1-21(14-22,16-10-11-16)23-19(24)13-26-20(25)15-6-5-9-18(12-15)27-17-7-3-2-4-8-17/h2-9,12,16H,10-11,13H2,1H3,(H,23,24)/t21-/m0/s1. The van der Waals surface area contributed by atoms with Crippen LogP contribution in [0.3, 0.4) is 0 Å². The van der Waals surface area contributed by atoms with Crippen LogP contribution in [0.5, 0.6) is 11.5 Å². The monoisotopic (exact) mass is 364 g/mol. The second kappa shape index (κ2) is 7.92. The second-order valence-corrected chi connectivity index (χ2v) is 6.66. The highest BCUT2D eigenvalue weighted by Gasteiger charge is 2.43. The number of carbonyl (C=O) groups excluding carboxylic acids is 2. The van der Waals surface area contributed by atoms with Crippen LogP contribution >= 0.6 is 0 Å². The van der Waals surface area contributed by atoms with Crippen LogP contribution in [0.25, 0.3) is 0 Å². The van der Waals surface area contributed by atoms with E-state index in [1.165, 1.54) is 0 Å². The molecule has 6 nitrogen and oxygen atoms in total. The van der Waals surface area contributed by atoms with Crippen molar-refractivity contribution in [1.29, 1.82) is 5.26 Å². The average Bonchev–Trinajstić information content (AvgIpc) is 3.53. The molecule has 1 aliphatic rings. The van der Waals surface area contributed by atoms with Crippen LogP contribution in [0.2, 0.25) is 0 Å². The van der Waals surface area contributed by atoms with E-state index in [0.717, 1.165) is 12.8 Å². The normalized spacial score (nSPS) is 15.1. The molecule has 0 aromatic heterocycles. The van der Waals surface area contributed by atoms with Crippen molar-refractivity contribution < 1.29 is 19.1 Å². The van der Waals surface area contributed by atoms with Crippen molar-refractivity contribution in [1.82, 2.24) is 5.32 Å². The molecule has 0 saturated heterocycles. The Morgan fingerprint density at radius 1 is 1.15 bits per heavy atom. The molecule has 3 rings (SSSR count). The van der Waals surface area contributed by atoms with Crippen LogP contribution in [0.15, 0.2) is 54.6 Å². The minimum Gasteiger partial charge on any atom is -0.457 e. The van der Waals surface area contributed by atoms with Crippen LogP contribution in [0.1, 0.15) is 30.1 Å². The van der Waals surface area contributed by atoms with E-state index in [4.69, 9.17) is 9.47 Å². The van der Waals surface area contributed by atoms with E-state index < -0.39 is 24.0 Å². The Morgan fingerprint density at radius 2 is 1.85 bits per heavy atom. The zero-order chi connectivity index (χ0) is 19.3. The van der Waals surface area contributed by atoms with Gasteiger partial charge in [0.1, 0.15) is 17.0 Å². The summed E-state index contributed by atoms with van der Waals surface area (Å²) in [5.41, 5.74) is -0.631. The highest BCUT2D eigenvalue weighted by Crippen LogP contribution is 2.39. The average molecular weight is 364 g/mol. The Labute approximate surface area is 157 Å². The third-order valence-electron chi connectivity index (χ3n) is 4.41. The maximum atomic E-state index is 12.2. The maximum absolute atomic E-state index is 12.2. The van der Waals surface area contributed by atoms with E-state index in [-0.39, 0.29) is 11.5 Å². The molecule has 1 saturated carbocycles. The number of rotatable bonds is 7. The fourth-order valence-electron chi connectivity index (χ4n) is 2.73. The van der Waals surface area contributed by atoms with Gasteiger partial charge in [-0.25, -0.2) is 4.79 Å². The zero-order valence-corrected chi connectivity index (χ0v) is 15.0. The first-order valence-corrected chi connectivity index (χ1v) is 8.72. The highest BCUT2D eigenvalue weighted by molar-refractivity contribution is 5.91. The first kappa shape index (κ1) is 18.5. The van der Waals surface area contributed by atoms with E-state index >= 15 is 0 Å². The molecule has 1 aliphatic carbocycles. The molecule has 1 fully saturated rings. The molecule has 1 atom stereocenters. The Morgan fingerprint density at radius 3 is 2.52 bits per heavy atom. The lowest BCUT2D eigenvalue weighted by Crippen LogP contribution is -2.48. The fraction of sp³-hybridized carbons (Fsp3) is 0.286. The highest BCUT2D eigenvalue weighted by atomic mass is 16.5. The molecule has 27 heavy (non-hydrogen) atoms. The quantitative estimate of drug-likeness (QED) is 0.760. The molecule has 0 radical (unpaired) electrons. The van der Waals surface area contributed by atoms with Crippen LogP contribution in [-0.2, 0) is 9.53 Å². The molecular formula is C21H20N2O4. The third kappa shape index (κ3) is 4.85. The third-order valence-corrected chi connectivity index (χ3v) is 4.41. The number of esters is 1. The molecule has 0 aliphatic heterocycles. The number of nitriles is 1. The molecule has 2 aromatic carbocycles. The van der Waals surface area contributed by atoms with E-state index in [1.54, 1.807) is 43.3 Å². The number of benzene rings is 2. The summed E-state index contributed by atoms with van der Waals surface area (Å²) in [4.78, 5) is 24.2. The summed E-state index contributed by atoms with van der Waals surface area (Å²) in [5.74, 6) is 0.183. The summed E-state index contributed by atoms with van der Waals surface area (Å²) in [5, 5.41) is 11.9. The number of para-hydroxylation sites is 1. The van der Waals surface area contributed by atoms with Crippen molar-refractivity contribution in [2.24, 2.45) is 5.92 Å². The van der Waals surface area contributed by atoms with Crippen LogP contribution in [0, 0.1) is 17.2 Å². The number of nitrogens with one attached hydrogen (secondary N) is 1. The summed E-state index contributed by atoms with van der Waals surface area (Å²) in [7, 11) is 0. The number of hydrogen-bond acceptors (Lipinski definition) is 5. The van der Waals surface area contributed by atoms with Crippen molar-refractivity contribution in [3.8, 4) is 17.6 Å². The van der Waals surface area contributed by atoms with Crippen LogP contribution in [-0.4, -0.2) is 24.0 Å². The predicted octanol–water partition coefficient (Wildman–Crippen LogP) is 3.44. The molecule has 2 aromatic rings. The molecule has 0 heterocycles. The van der Waals surface area contributed by atoms with Gasteiger partial charge in [-0.05, 0) is 56.0 Å². The maximum Gasteiger partial charge on any atom is 0.338 e. The van der Waals surface area contributed by atoms with Gasteiger partial charge in [0, 0.05) is 0 Å². The van der Waals surface area contributed by atoms with Crippen molar-refractivity contribution in [2.75, 3.05) is 6.61 Å². The number of ether oxygens (including phenoxy) is 2. The number of nitrogens with zero attached hydrogens (tertiary/aromatic N) is 1. The molecule has 0 unspecified atom stereocenters. The Hall–Kier alpha value is -3.33.